The van der Waals surface area contributed by atoms with Crippen molar-refractivity contribution in [2.75, 3.05) is 70.7 Å². The summed E-state index contributed by atoms with van der Waals surface area (Å²) in [6, 6.07) is -0.908. The van der Waals surface area contributed by atoms with E-state index in [-0.39, 0.29) is 43.8 Å². The number of hydrogen-bond donors (Lipinski definition) is 2. The van der Waals surface area contributed by atoms with Crippen molar-refractivity contribution in [2.24, 2.45) is 17.8 Å². The molecule has 2 rings (SSSR count). The van der Waals surface area contributed by atoms with E-state index in [1.165, 1.54) is 26.2 Å². The number of esters is 1. The number of hydrogen-bond acceptors (Lipinski definition) is 15. The Morgan fingerprint density at radius 1 is 0.897 bits per heavy atom. The molecule has 1 unspecified atom stereocenters. The van der Waals surface area contributed by atoms with Gasteiger partial charge in [-0.25, -0.2) is 21.6 Å². The summed E-state index contributed by atoms with van der Waals surface area (Å²) >= 11 is 0. The minimum atomic E-state index is -3.86. The molecule has 2 aliphatic rings. The molecule has 58 heavy (non-hydrogen) atoms. The van der Waals surface area contributed by atoms with Gasteiger partial charge in [-0.3, -0.25) is 14.4 Å². The average molecular weight is 864 g/mol. The van der Waals surface area contributed by atoms with Crippen LogP contribution in [0.4, 0.5) is 0 Å². The Kier molecular flexibility index (Phi) is 21.6. The van der Waals surface area contributed by atoms with Gasteiger partial charge >= 0.3 is 5.97 Å². The van der Waals surface area contributed by atoms with Gasteiger partial charge in [-0.2, -0.15) is 0 Å². The van der Waals surface area contributed by atoms with Crippen molar-refractivity contribution in [2.45, 2.75) is 103 Å². The van der Waals surface area contributed by atoms with Crippen LogP contribution in [0.15, 0.2) is 36.0 Å². The second kappa shape index (κ2) is 24.4. The highest BCUT2D eigenvalue weighted by molar-refractivity contribution is 7.95. The van der Waals surface area contributed by atoms with Gasteiger partial charge < -0.3 is 38.8 Å². The molecule has 2 saturated heterocycles. The maximum atomic E-state index is 14.0. The predicted octanol–water partition coefficient (Wildman–Crippen LogP) is 2.16. The third-order valence-electron chi connectivity index (χ3n) is 10.8. The van der Waals surface area contributed by atoms with Gasteiger partial charge in [0.25, 0.3) is 11.7 Å². The van der Waals surface area contributed by atoms with E-state index in [9.17, 15) is 41.1 Å². The van der Waals surface area contributed by atoms with Gasteiger partial charge in [-0.05, 0) is 56.9 Å². The fourth-order valence-corrected chi connectivity index (χ4v) is 10.3. The second-order valence-corrected chi connectivity index (χ2v) is 19.8. The van der Waals surface area contributed by atoms with Crippen LogP contribution in [0.3, 0.4) is 0 Å². The number of aliphatic hydroxyl groups excluding tert-OH is 2. The third kappa shape index (κ3) is 15.3. The molecule has 2 N–H and O–H groups in total. The number of Topliss-reactive ketones (excluding diaryl/α,β-unsaturated/α-hetero) is 2. The number of ketones is 2. The minimum absolute atomic E-state index is 0.0317. The number of ether oxygens (including phenoxy) is 5. The van der Waals surface area contributed by atoms with E-state index in [2.05, 4.69) is 0 Å². The Bertz CT molecular complexity index is 1670. The van der Waals surface area contributed by atoms with E-state index in [4.69, 9.17) is 28.8 Å². The Morgan fingerprint density at radius 2 is 1.57 bits per heavy atom. The van der Waals surface area contributed by atoms with Gasteiger partial charge in [0.2, 0.25) is 5.79 Å². The fraction of sp³-hybridized carbons (Fsp3) is 0.750. The number of allylic oxidation sites excluding steroid dienone is 5. The van der Waals surface area contributed by atoms with E-state index < -0.39 is 103 Å². The molecule has 16 nitrogen and oxygen atoms in total. The lowest BCUT2D eigenvalue weighted by atomic mass is 9.85. The summed E-state index contributed by atoms with van der Waals surface area (Å²) in [4.78, 5) is 54.0. The fourth-order valence-electron chi connectivity index (χ4n) is 7.19. The number of carbonyl (C=O) groups excluding carboxylic acids is 4. The summed E-state index contributed by atoms with van der Waals surface area (Å²) in [5.74, 6) is -7.69. The first kappa shape index (κ1) is 51.3. The number of likely N-dealkylation sites (tertiary alicyclic amines) is 1. The quantitative estimate of drug-likeness (QED) is 0.0762. The van der Waals surface area contributed by atoms with Crippen molar-refractivity contribution in [1.29, 1.82) is 0 Å². The van der Waals surface area contributed by atoms with Crippen molar-refractivity contribution in [1.82, 2.24) is 4.90 Å². The highest BCUT2D eigenvalue weighted by atomic mass is 32.2. The predicted molar refractivity (Wildman–Crippen MR) is 216 cm³/mol. The lowest BCUT2D eigenvalue weighted by Gasteiger charge is -2.44. The minimum Gasteiger partial charge on any atom is -0.467 e. The molecule has 0 spiro atoms. The number of methoxy groups -OCH3 is 3. The van der Waals surface area contributed by atoms with Crippen LogP contribution < -0.4 is 0 Å². The molecule has 0 bridgehead atoms. The first-order chi connectivity index (χ1) is 27.3. The van der Waals surface area contributed by atoms with Gasteiger partial charge in [-0.15, -0.1) is 0 Å². The van der Waals surface area contributed by atoms with Crippen molar-refractivity contribution in [3.05, 3.63) is 36.0 Å². The van der Waals surface area contributed by atoms with Gasteiger partial charge in [0.15, 0.2) is 25.5 Å². The molecule has 0 saturated carbocycles. The van der Waals surface area contributed by atoms with Crippen LogP contribution in [0.2, 0.25) is 0 Å². The molecule has 2 aliphatic heterocycles. The normalized spacial score (nSPS) is 24.4. The van der Waals surface area contributed by atoms with Gasteiger partial charge in [0.05, 0.1) is 62.1 Å². The van der Waals surface area contributed by atoms with Crippen LogP contribution in [-0.2, 0) is 62.5 Å². The van der Waals surface area contributed by atoms with Crippen LogP contribution in [0.25, 0.3) is 0 Å². The van der Waals surface area contributed by atoms with E-state index >= 15 is 0 Å². The number of rotatable bonds is 25. The van der Waals surface area contributed by atoms with E-state index in [1.54, 1.807) is 39.0 Å². The van der Waals surface area contributed by atoms with E-state index in [0.29, 0.717) is 44.1 Å². The summed E-state index contributed by atoms with van der Waals surface area (Å²) in [6.45, 7) is 6.19. The SMILES string of the molecule is COC(=O)[C@@H]1CCCCN1C(=O)C(=O)[C@]1(OC)O[C@H](CC(OCCS(=O)(=O)CCS(=O)(=O)CCO)/C(C)=C/C=C/C=C/[C@@H](C)C[C@@H](C)C(=O)[C@@H](CO)OC)CC[C@H]1C. The van der Waals surface area contributed by atoms with Gasteiger partial charge in [0.1, 0.15) is 12.1 Å². The number of sulfone groups is 2. The molecule has 1 amide bonds. The van der Waals surface area contributed by atoms with Crippen molar-refractivity contribution < 1.29 is 69.9 Å². The zero-order valence-electron chi connectivity index (χ0n) is 35.0. The van der Waals surface area contributed by atoms with Crippen LogP contribution >= 0.6 is 0 Å². The molecule has 0 radical (unpaired) electrons. The van der Waals surface area contributed by atoms with E-state index in [0.717, 1.165) is 0 Å². The van der Waals surface area contributed by atoms with Crippen molar-refractivity contribution in [3.8, 4) is 0 Å². The van der Waals surface area contributed by atoms with Crippen molar-refractivity contribution >= 4 is 43.1 Å². The largest absolute Gasteiger partial charge is 0.467 e. The number of amides is 1. The molecule has 18 heteroatoms. The molecule has 2 heterocycles. The van der Waals surface area contributed by atoms with Crippen LogP contribution in [0.1, 0.15) is 72.6 Å². The molecule has 2 fully saturated rings. The molecule has 0 aromatic carbocycles. The summed E-state index contributed by atoms with van der Waals surface area (Å²) in [7, 11) is -3.72. The maximum Gasteiger partial charge on any atom is 0.328 e. The number of aliphatic hydroxyl groups is 2. The third-order valence-corrected chi connectivity index (χ3v) is 14.3. The lowest BCUT2D eigenvalue weighted by Crippen LogP contribution is -2.61. The number of nitrogens with zero attached hydrogens (tertiary/aromatic N) is 1. The molecule has 0 aromatic rings. The summed E-state index contributed by atoms with van der Waals surface area (Å²) in [5, 5.41) is 18.4. The zero-order valence-corrected chi connectivity index (χ0v) is 36.6. The molecular weight excluding hydrogens is 799 g/mol. The first-order valence-electron chi connectivity index (χ1n) is 19.8. The maximum absolute atomic E-state index is 14.0. The first-order valence-corrected chi connectivity index (χ1v) is 23.4. The average Bonchev–Trinajstić information content (AvgIpc) is 3.19. The standard InChI is InChI=1S/C40H65NO15S2/c1-28(25-30(3)36(44)35(27-43)52-5)13-9-8-10-14-29(2)34(55-20-22-58(50,51)24-23-57(48,49)21-19-42)26-32-17-16-31(4)40(54-7,56-32)37(45)38(46)41-18-12-11-15-33(41)39(47)53-6/h8-10,13-14,28,30-35,42-43H,11-12,15-27H2,1-7H3/b10-8+,13-9+,29-14+/t28-,30-,31-,32+,33+,34?,35-,40-/m1/s1. The molecule has 8 atom stereocenters. The number of carbonyl (C=O) groups is 4. The summed E-state index contributed by atoms with van der Waals surface area (Å²) < 4.78 is 77.8. The highest BCUT2D eigenvalue weighted by Crippen LogP contribution is 2.39. The summed E-state index contributed by atoms with van der Waals surface area (Å²) in [5.41, 5.74) is 0.677. The molecule has 332 valence electrons. The monoisotopic (exact) mass is 863 g/mol. The number of piperidine rings is 1. The Labute approximate surface area is 344 Å². The lowest BCUT2D eigenvalue weighted by molar-refractivity contribution is -0.277. The zero-order chi connectivity index (χ0) is 43.7. The van der Waals surface area contributed by atoms with Crippen molar-refractivity contribution in [3.63, 3.8) is 0 Å². The molecule has 0 aromatic heterocycles. The Balaban J connectivity index is 2.29. The van der Waals surface area contributed by atoms with E-state index in [1.807, 2.05) is 19.1 Å². The van der Waals surface area contributed by atoms with Gasteiger partial charge in [-0.1, -0.05) is 51.2 Å². The second-order valence-electron chi connectivity index (χ2n) is 15.2. The van der Waals surface area contributed by atoms with Crippen LogP contribution in [0.5, 0.6) is 0 Å². The highest BCUT2D eigenvalue weighted by Gasteiger charge is 2.54. The smallest absolute Gasteiger partial charge is 0.328 e. The van der Waals surface area contributed by atoms with Gasteiger partial charge in [0, 0.05) is 39.0 Å². The van der Waals surface area contributed by atoms with Crippen LogP contribution in [0, 0.1) is 17.8 Å². The van der Waals surface area contributed by atoms with Crippen LogP contribution in [-0.4, -0.2) is 156 Å². The molecule has 0 aliphatic carbocycles. The topological polar surface area (TPSA) is 226 Å². The Hall–Kier alpha value is -2.84. The Morgan fingerprint density at radius 3 is 2.17 bits per heavy atom. The molecular formula is C40H65NO15S2. The summed E-state index contributed by atoms with van der Waals surface area (Å²) in [6.07, 6.45) is 10.0.